The van der Waals surface area contributed by atoms with Crippen LogP contribution in [-0.2, 0) is 9.53 Å². The molecule has 116 valence electrons. The summed E-state index contributed by atoms with van der Waals surface area (Å²) in [5, 5.41) is 11.2. The Morgan fingerprint density at radius 3 is 2.41 bits per heavy atom. The topological polar surface area (TPSA) is 85.7 Å². The van der Waals surface area contributed by atoms with Gasteiger partial charge in [-0.15, -0.1) is 0 Å². The van der Waals surface area contributed by atoms with Crippen molar-refractivity contribution in [3.05, 3.63) is 29.8 Å². The van der Waals surface area contributed by atoms with Crippen LogP contribution in [0.3, 0.4) is 0 Å². The molecule has 1 fully saturated rings. The van der Waals surface area contributed by atoms with Crippen molar-refractivity contribution in [1.29, 1.82) is 5.26 Å². The summed E-state index contributed by atoms with van der Waals surface area (Å²) in [7, 11) is 1.49. The van der Waals surface area contributed by atoms with Crippen LogP contribution in [0.4, 0.5) is 10.5 Å². The number of carbonyl (C=O) groups excluding carboxylic acids is 2. The maximum atomic E-state index is 11.8. The quantitative estimate of drug-likeness (QED) is 0.882. The van der Waals surface area contributed by atoms with E-state index in [9.17, 15) is 9.59 Å². The average Bonchev–Trinajstić information content (AvgIpc) is 2.59. The van der Waals surface area contributed by atoms with Crippen LogP contribution in [0.2, 0.25) is 0 Å². The molecule has 7 nitrogen and oxygen atoms in total. The number of nitrogens with zero attached hydrogens (tertiary/aromatic N) is 3. The summed E-state index contributed by atoms with van der Waals surface area (Å²) in [6.07, 6.45) is -0.469. The lowest BCUT2D eigenvalue weighted by Gasteiger charge is -2.35. The first-order valence-corrected chi connectivity index (χ1v) is 7.01. The number of rotatable bonds is 3. The van der Waals surface area contributed by atoms with E-state index in [1.807, 2.05) is 12.1 Å². The summed E-state index contributed by atoms with van der Waals surface area (Å²) >= 11 is 0. The average molecular weight is 302 g/mol. The molecule has 1 heterocycles. The lowest BCUT2D eigenvalue weighted by Crippen LogP contribution is -2.49. The molecule has 0 bridgehead atoms. The minimum Gasteiger partial charge on any atom is -0.439 e. The first-order chi connectivity index (χ1) is 10.6. The summed E-state index contributed by atoms with van der Waals surface area (Å²) in [5.74, 6) is -0.329. The number of anilines is 1. The number of hydrogen-bond donors (Lipinski definition) is 1. The maximum absolute atomic E-state index is 11.8. The van der Waals surface area contributed by atoms with E-state index in [-0.39, 0.29) is 12.5 Å². The zero-order valence-electron chi connectivity index (χ0n) is 12.4. The lowest BCUT2D eigenvalue weighted by atomic mass is 10.2. The van der Waals surface area contributed by atoms with Crippen LogP contribution < -0.4 is 10.2 Å². The molecule has 1 aliphatic rings. The van der Waals surface area contributed by atoms with Gasteiger partial charge in [0, 0.05) is 38.9 Å². The minimum atomic E-state index is -0.469. The van der Waals surface area contributed by atoms with Gasteiger partial charge in [-0.05, 0) is 24.3 Å². The Morgan fingerprint density at radius 1 is 1.23 bits per heavy atom. The maximum Gasteiger partial charge on any atom is 0.410 e. The molecular weight excluding hydrogens is 284 g/mol. The molecule has 1 saturated heterocycles. The number of hydrogen-bond acceptors (Lipinski definition) is 5. The van der Waals surface area contributed by atoms with E-state index in [4.69, 9.17) is 10.00 Å². The molecule has 7 heteroatoms. The highest BCUT2D eigenvalue weighted by atomic mass is 16.6. The lowest BCUT2D eigenvalue weighted by molar-refractivity contribution is -0.123. The molecule has 0 saturated carbocycles. The van der Waals surface area contributed by atoms with E-state index in [1.165, 1.54) is 7.05 Å². The minimum absolute atomic E-state index is 0.259. The number of ether oxygens (including phenoxy) is 1. The van der Waals surface area contributed by atoms with E-state index < -0.39 is 6.09 Å². The molecule has 1 aliphatic heterocycles. The number of carbonyl (C=O) groups is 2. The highest BCUT2D eigenvalue weighted by Gasteiger charge is 2.22. The Labute approximate surface area is 129 Å². The van der Waals surface area contributed by atoms with Crippen molar-refractivity contribution in [2.24, 2.45) is 0 Å². The Kier molecular flexibility index (Phi) is 5.20. The van der Waals surface area contributed by atoms with Gasteiger partial charge in [-0.25, -0.2) is 4.79 Å². The molecule has 0 aromatic heterocycles. The summed E-state index contributed by atoms with van der Waals surface area (Å²) in [5.41, 5.74) is 1.65. The number of benzene rings is 1. The summed E-state index contributed by atoms with van der Waals surface area (Å²) in [6, 6.07) is 9.44. The molecule has 1 N–H and O–H groups in total. The molecule has 22 heavy (non-hydrogen) atoms. The van der Waals surface area contributed by atoms with Crippen LogP contribution in [0.5, 0.6) is 0 Å². The van der Waals surface area contributed by atoms with Crippen molar-refractivity contribution in [3.63, 3.8) is 0 Å². The highest BCUT2D eigenvalue weighted by molar-refractivity contribution is 5.79. The molecule has 0 spiro atoms. The van der Waals surface area contributed by atoms with Gasteiger partial charge in [-0.1, -0.05) is 0 Å². The number of amides is 2. The van der Waals surface area contributed by atoms with Crippen molar-refractivity contribution >= 4 is 17.7 Å². The van der Waals surface area contributed by atoms with Crippen LogP contribution in [0.15, 0.2) is 24.3 Å². The molecule has 0 atom stereocenters. The van der Waals surface area contributed by atoms with Crippen molar-refractivity contribution in [1.82, 2.24) is 10.2 Å². The van der Waals surface area contributed by atoms with Crippen LogP contribution >= 0.6 is 0 Å². The van der Waals surface area contributed by atoms with Crippen LogP contribution in [0.1, 0.15) is 5.56 Å². The van der Waals surface area contributed by atoms with Crippen molar-refractivity contribution in [2.75, 3.05) is 44.7 Å². The number of nitriles is 1. The van der Waals surface area contributed by atoms with Crippen LogP contribution in [0.25, 0.3) is 0 Å². The molecule has 1 aromatic rings. The van der Waals surface area contributed by atoms with E-state index >= 15 is 0 Å². The fourth-order valence-electron chi connectivity index (χ4n) is 2.18. The van der Waals surface area contributed by atoms with Gasteiger partial charge in [-0.3, -0.25) is 4.79 Å². The number of nitrogens with one attached hydrogen (secondary N) is 1. The first-order valence-electron chi connectivity index (χ1n) is 7.01. The Balaban J connectivity index is 1.83. The zero-order valence-corrected chi connectivity index (χ0v) is 12.4. The molecular formula is C15H18N4O3. The molecule has 0 unspecified atom stereocenters. The van der Waals surface area contributed by atoms with Gasteiger partial charge >= 0.3 is 6.09 Å². The van der Waals surface area contributed by atoms with Gasteiger partial charge in [0.25, 0.3) is 5.91 Å². The highest BCUT2D eigenvalue weighted by Crippen LogP contribution is 2.17. The van der Waals surface area contributed by atoms with Crippen molar-refractivity contribution < 1.29 is 14.3 Å². The molecule has 0 aliphatic carbocycles. The predicted octanol–water partition coefficient (Wildman–Crippen LogP) is 0.563. The predicted molar refractivity (Wildman–Crippen MR) is 80.4 cm³/mol. The third-order valence-electron chi connectivity index (χ3n) is 3.50. The van der Waals surface area contributed by atoms with Gasteiger partial charge < -0.3 is 19.9 Å². The monoisotopic (exact) mass is 302 g/mol. The Morgan fingerprint density at radius 2 is 1.86 bits per heavy atom. The fourth-order valence-corrected chi connectivity index (χ4v) is 2.18. The third-order valence-corrected chi connectivity index (χ3v) is 3.50. The zero-order chi connectivity index (χ0) is 15.9. The Hall–Kier alpha value is -2.75. The van der Waals surface area contributed by atoms with Gasteiger partial charge in [0.15, 0.2) is 6.61 Å². The summed E-state index contributed by atoms with van der Waals surface area (Å²) in [6.45, 7) is 2.17. The number of likely N-dealkylation sites (N-methyl/N-ethyl adjacent to an activating group) is 1. The number of piperazine rings is 1. The van der Waals surface area contributed by atoms with Crippen molar-refractivity contribution in [3.8, 4) is 6.07 Å². The standard InChI is InChI=1S/C15H18N4O3/c1-17-14(20)11-22-15(21)19-8-6-18(7-9-19)13-4-2-12(10-16)3-5-13/h2-5H,6-9,11H2,1H3,(H,17,20). The smallest absolute Gasteiger partial charge is 0.410 e. The third kappa shape index (κ3) is 3.88. The molecule has 0 radical (unpaired) electrons. The first kappa shape index (κ1) is 15.6. The second kappa shape index (κ2) is 7.31. The SMILES string of the molecule is CNC(=O)COC(=O)N1CCN(c2ccc(C#N)cc2)CC1. The van der Waals surface area contributed by atoms with E-state index in [0.717, 1.165) is 5.69 Å². The Bertz CT molecular complexity index is 571. The van der Waals surface area contributed by atoms with E-state index in [0.29, 0.717) is 31.7 Å². The van der Waals surface area contributed by atoms with E-state index in [1.54, 1.807) is 17.0 Å². The summed E-state index contributed by atoms with van der Waals surface area (Å²) in [4.78, 5) is 26.6. The van der Waals surface area contributed by atoms with Crippen molar-refractivity contribution in [2.45, 2.75) is 0 Å². The fraction of sp³-hybridized carbons (Fsp3) is 0.400. The second-order valence-corrected chi connectivity index (χ2v) is 4.86. The van der Waals surface area contributed by atoms with Gasteiger partial charge in [0.1, 0.15) is 0 Å². The normalized spacial score (nSPS) is 14.2. The van der Waals surface area contributed by atoms with Gasteiger partial charge in [0.2, 0.25) is 0 Å². The van der Waals surface area contributed by atoms with E-state index in [2.05, 4.69) is 16.3 Å². The summed E-state index contributed by atoms with van der Waals surface area (Å²) < 4.78 is 4.93. The second-order valence-electron chi connectivity index (χ2n) is 4.86. The molecule has 2 rings (SSSR count). The molecule has 1 aromatic carbocycles. The van der Waals surface area contributed by atoms with Crippen LogP contribution in [0, 0.1) is 11.3 Å². The van der Waals surface area contributed by atoms with Gasteiger partial charge in [-0.2, -0.15) is 5.26 Å². The van der Waals surface area contributed by atoms with Crippen LogP contribution in [-0.4, -0.2) is 56.7 Å². The molecule has 2 amide bonds. The van der Waals surface area contributed by atoms with Gasteiger partial charge in [0.05, 0.1) is 11.6 Å². The largest absolute Gasteiger partial charge is 0.439 e.